The number of nitrogens with zero attached hydrogens (tertiary/aromatic N) is 2. The van der Waals surface area contributed by atoms with Crippen molar-refractivity contribution in [2.45, 2.75) is 26.2 Å². The summed E-state index contributed by atoms with van der Waals surface area (Å²) >= 11 is 0. The molecule has 3 N–H and O–H groups in total. The SMILES string of the molecule is CC(C)CC(C(=O)NCC#N)c1cccc(-c2ccc(N([O-])O)c3[nH]ccc23)c1. The van der Waals surface area contributed by atoms with Gasteiger partial charge in [-0.15, -0.1) is 0 Å². The summed E-state index contributed by atoms with van der Waals surface area (Å²) in [6.45, 7) is 4.09. The molecule has 0 saturated heterocycles. The molecule has 1 heterocycles. The molecule has 1 atom stereocenters. The van der Waals surface area contributed by atoms with Crippen LogP contribution in [0.5, 0.6) is 0 Å². The van der Waals surface area contributed by atoms with Crippen molar-refractivity contribution in [2.24, 2.45) is 5.92 Å². The molecule has 3 aromatic rings. The van der Waals surface area contributed by atoms with E-state index >= 15 is 0 Å². The predicted molar refractivity (Wildman–Crippen MR) is 112 cm³/mol. The smallest absolute Gasteiger partial charge is 0.228 e. The average Bonchev–Trinajstić information content (AvgIpc) is 3.19. The summed E-state index contributed by atoms with van der Waals surface area (Å²) in [5, 5.41) is 32.8. The van der Waals surface area contributed by atoms with Gasteiger partial charge in [-0.1, -0.05) is 44.2 Å². The maximum absolute atomic E-state index is 12.6. The highest BCUT2D eigenvalue weighted by Crippen LogP contribution is 2.35. The van der Waals surface area contributed by atoms with Crippen LogP contribution in [0.1, 0.15) is 31.7 Å². The molecule has 1 amide bonds. The van der Waals surface area contributed by atoms with Gasteiger partial charge in [0.05, 0.1) is 23.2 Å². The zero-order valence-electron chi connectivity index (χ0n) is 16.3. The van der Waals surface area contributed by atoms with E-state index in [4.69, 9.17) is 5.26 Å². The summed E-state index contributed by atoms with van der Waals surface area (Å²) in [6.07, 6.45) is 2.37. The summed E-state index contributed by atoms with van der Waals surface area (Å²) in [5.41, 5.74) is 3.33. The van der Waals surface area contributed by atoms with Gasteiger partial charge in [-0.2, -0.15) is 5.26 Å². The standard InChI is InChI=1S/C22H23N4O3/c1-14(2)12-19(22(27)25-11-9-23)16-5-3-4-15(13-16)17-6-7-20(26(28)29)21-18(17)8-10-24-21/h3-8,10,13-14,19,24,28H,11-12H2,1-2H3,(H,25,27)/q-1. The number of hydrogen-bond acceptors (Lipinski definition) is 5. The fourth-order valence-electron chi connectivity index (χ4n) is 3.59. The first-order valence-corrected chi connectivity index (χ1v) is 9.43. The average molecular weight is 391 g/mol. The summed E-state index contributed by atoms with van der Waals surface area (Å²) in [7, 11) is 0. The number of benzene rings is 2. The first kappa shape index (κ1) is 20.4. The van der Waals surface area contributed by atoms with Crippen molar-refractivity contribution in [3.63, 3.8) is 0 Å². The van der Waals surface area contributed by atoms with E-state index in [2.05, 4.69) is 24.1 Å². The first-order valence-electron chi connectivity index (χ1n) is 9.43. The molecule has 0 saturated carbocycles. The Morgan fingerprint density at radius 1 is 1.31 bits per heavy atom. The number of nitrogens with one attached hydrogen (secondary N) is 2. The lowest BCUT2D eigenvalue weighted by Gasteiger charge is -2.23. The largest absolute Gasteiger partial charge is 0.733 e. The number of hydrogen-bond donors (Lipinski definition) is 3. The van der Waals surface area contributed by atoms with E-state index in [1.165, 1.54) is 0 Å². The Morgan fingerprint density at radius 2 is 2.10 bits per heavy atom. The molecule has 1 unspecified atom stereocenters. The second kappa shape index (κ2) is 8.78. The molecule has 29 heavy (non-hydrogen) atoms. The van der Waals surface area contributed by atoms with Gasteiger partial charge in [0.25, 0.3) is 0 Å². The number of nitriles is 1. The number of aromatic nitrogens is 1. The minimum Gasteiger partial charge on any atom is -0.733 e. The molecule has 0 aliphatic carbocycles. The molecule has 0 radical (unpaired) electrons. The van der Waals surface area contributed by atoms with Crippen LogP contribution < -0.4 is 10.5 Å². The van der Waals surface area contributed by atoms with Crippen molar-refractivity contribution < 1.29 is 10.0 Å². The molecule has 0 fully saturated rings. The number of H-pyrrole nitrogens is 1. The molecule has 2 aromatic carbocycles. The molecule has 150 valence electrons. The molecule has 3 rings (SSSR count). The topological polar surface area (TPSA) is 115 Å². The van der Waals surface area contributed by atoms with Gasteiger partial charge in [-0.05, 0) is 41.2 Å². The molecule has 0 aliphatic rings. The number of fused-ring (bicyclic) bond motifs is 1. The van der Waals surface area contributed by atoms with Crippen molar-refractivity contribution in [3.05, 3.63) is 59.4 Å². The highest BCUT2D eigenvalue weighted by molar-refractivity contribution is 6.02. The van der Waals surface area contributed by atoms with Gasteiger partial charge in [0, 0.05) is 11.6 Å². The monoisotopic (exact) mass is 391 g/mol. The Morgan fingerprint density at radius 3 is 2.79 bits per heavy atom. The highest BCUT2D eigenvalue weighted by atomic mass is 16.8. The van der Waals surface area contributed by atoms with Crippen molar-refractivity contribution in [1.82, 2.24) is 10.3 Å². The van der Waals surface area contributed by atoms with E-state index < -0.39 is 0 Å². The Balaban J connectivity index is 2.04. The van der Waals surface area contributed by atoms with Gasteiger partial charge in [0.1, 0.15) is 6.54 Å². The molecule has 7 heteroatoms. The number of carbonyl (C=O) groups excluding carboxylic acids is 1. The van der Waals surface area contributed by atoms with Crippen molar-refractivity contribution >= 4 is 22.5 Å². The summed E-state index contributed by atoms with van der Waals surface area (Å²) < 4.78 is 0. The van der Waals surface area contributed by atoms with Crippen molar-refractivity contribution in [3.8, 4) is 17.2 Å². The number of aromatic amines is 1. The molecule has 0 aliphatic heterocycles. The van der Waals surface area contributed by atoms with Crippen LogP contribution in [0, 0.1) is 22.5 Å². The van der Waals surface area contributed by atoms with Gasteiger partial charge >= 0.3 is 0 Å². The maximum atomic E-state index is 12.6. The van der Waals surface area contributed by atoms with Crippen LogP contribution in [0.4, 0.5) is 5.69 Å². The second-order valence-corrected chi connectivity index (χ2v) is 7.36. The molecule has 0 spiro atoms. The van der Waals surface area contributed by atoms with Crippen molar-refractivity contribution in [1.29, 1.82) is 5.26 Å². The predicted octanol–water partition coefficient (Wildman–Crippen LogP) is 4.30. The van der Waals surface area contributed by atoms with Gasteiger partial charge < -0.3 is 20.7 Å². The van der Waals surface area contributed by atoms with Gasteiger partial charge in [0.15, 0.2) is 0 Å². The number of amides is 1. The van der Waals surface area contributed by atoms with Crippen LogP contribution >= 0.6 is 0 Å². The molecular formula is C22H23N4O3-. The normalized spacial score (nSPS) is 12.0. The Hall–Kier alpha value is -3.34. The third kappa shape index (κ3) is 4.40. The quantitative estimate of drug-likeness (QED) is 0.410. The molecular weight excluding hydrogens is 368 g/mol. The molecule has 0 bridgehead atoms. The molecule has 1 aromatic heterocycles. The van der Waals surface area contributed by atoms with Gasteiger partial charge in [-0.3, -0.25) is 10.0 Å². The van der Waals surface area contributed by atoms with E-state index in [-0.39, 0.29) is 29.3 Å². The third-order valence-electron chi connectivity index (χ3n) is 4.87. The maximum Gasteiger partial charge on any atom is 0.228 e. The van der Waals surface area contributed by atoms with Gasteiger partial charge in [-0.25, -0.2) is 0 Å². The van der Waals surface area contributed by atoms with E-state index in [1.807, 2.05) is 36.4 Å². The summed E-state index contributed by atoms with van der Waals surface area (Å²) in [4.78, 5) is 15.6. The minimum atomic E-state index is -0.362. The lowest BCUT2D eigenvalue weighted by atomic mass is 9.87. The minimum absolute atomic E-state index is 0.0224. The Kier molecular flexibility index (Phi) is 6.17. The Labute approximate surface area is 169 Å². The number of carbonyl (C=O) groups is 1. The van der Waals surface area contributed by atoms with Crippen LogP contribution in [0.2, 0.25) is 0 Å². The number of rotatable bonds is 7. The lowest BCUT2D eigenvalue weighted by Crippen LogP contribution is -2.30. The zero-order chi connectivity index (χ0) is 21.0. The fourth-order valence-corrected chi connectivity index (χ4v) is 3.59. The summed E-state index contributed by atoms with van der Waals surface area (Å²) in [5.74, 6) is -0.222. The van der Waals surface area contributed by atoms with Crippen LogP contribution in [0.25, 0.3) is 22.0 Å². The highest BCUT2D eigenvalue weighted by Gasteiger charge is 2.22. The number of anilines is 1. The fraction of sp³-hybridized carbons (Fsp3) is 0.273. The van der Waals surface area contributed by atoms with E-state index in [9.17, 15) is 15.2 Å². The van der Waals surface area contributed by atoms with Crippen LogP contribution in [-0.2, 0) is 4.79 Å². The van der Waals surface area contributed by atoms with Crippen LogP contribution in [0.15, 0.2) is 48.7 Å². The van der Waals surface area contributed by atoms with E-state index in [0.717, 1.165) is 22.1 Å². The second-order valence-electron chi connectivity index (χ2n) is 7.36. The van der Waals surface area contributed by atoms with Gasteiger partial charge in [0.2, 0.25) is 5.91 Å². The van der Waals surface area contributed by atoms with E-state index in [1.54, 1.807) is 18.3 Å². The third-order valence-corrected chi connectivity index (χ3v) is 4.87. The lowest BCUT2D eigenvalue weighted by molar-refractivity contribution is -0.122. The van der Waals surface area contributed by atoms with Crippen LogP contribution in [-0.4, -0.2) is 22.6 Å². The summed E-state index contributed by atoms with van der Waals surface area (Å²) in [6, 6.07) is 14.8. The van der Waals surface area contributed by atoms with Crippen molar-refractivity contribution in [2.75, 3.05) is 11.8 Å². The zero-order valence-corrected chi connectivity index (χ0v) is 16.3. The Bertz CT molecular complexity index is 1050. The molecule has 7 nitrogen and oxygen atoms in total. The first-order chi connectivity index (χ1) is 13.9. The van der Waals surface area contributed by atoms with Crippen LogP contribution in [0.3, 0.4) is 0 Å². The van der Waals surface area contributed by atoms with E-state index in [0.29, 0.717) is 17.9 Å².